The van der Waals surface area contributed by atoms with Crippen molar-refractivity contribution < 1.29 is 193 Å². The summed E-state index contributed by atoms with van der Waals surface area (Å²) in [6, 6.07) is 32.6. The zero-order valence-electron chi connectivity index (χ0n) is 61.9. The van der Waals surface area contributed by atoms with E-state index < -0.39 is 81.6 Å². The van der Waals surface area contributed by atoms with Crippen molar-refractivity contribution in [3.63, 3.8) is 0 Å². The first-order valence-corrected chi connectivity index (χ1v) is 41.5. The van der Waals surface area contributed by atoms with Crippen LogP contribution in [0.4, 0.5) is 11.4 Å². The van der Waals surface area contributed by atoms with Gasteiger partial charge in [0.15, 0.2) is 5.71 Å². The molecule has 0 aliphatic carbocycles. The minimum absolute atomic E-state index is 0. The number of unbranched alkanes of at least 4 members (excludes halogenated alkanes) is 2. The smallest absolute Gasteiger partial charge is 0.748 e. The van der Waals surface area contributed by atoms with Gasteiger partial charge in [-0.05, 0) is 137 Å². The van der Waals surface area contributed by atoms with Crippen LogP contribution in [0.3, 0.4) is 0 Å². The van der Waals surface area contributed by atoms with Crippen LogP contribution in [0.2, 0.25) is 0 Å². The Morgan fingerprint density at radius 1 is 0.579 bits per heavy atom. The summed E-state index contributed by atoms with van der Waals surface area (Å²) in [5, 5.41) is 5.54. The van der Waals surface area contributed by atoms with Gasteiger partial charge in [0.1, 0.15) is 22.4 Å². The number of benzene rings is 5. The Bertz CT molecular complexity index is 4320. The summed E-state index contributed by atoms with van der Waals surface area (Å²) in [5.74, 6) is -2.19. The monoisotopic (exact) mass is 1600 g/mol. The molecule has 5 aromatic carbocycles. The summed E-state index contributed by atoms with van der Waals surface area (Å²) < 4.78 is 182. The molecule has 7 rings (SSSR count). The number of anilines is 1. The van der Waals surface area contributed by atoms with Crippen molar-refractivity contribution in [3.8, 4) is 0 Å². The minimum Gasteiger partial charge on any atom is -0.748 e. The molecule has 2 heterocycles. The van der Waals surface area contributed by atoms with E-state index in [1.165, 1.54) is 37.4 Å². The Labute approximate surface area is 697 Å². The average molecular weight is 1600 g/mol. The normalized spacial score (nSPS) is 16.3. The van der Waals surface area contributed by atoms with Crippen LogP contribution in [0.1, 0.15) is 110 Å². The third-order valence-electron chi connectivity index (χ3n) is 17.7. The van der Waals surface area contributed by atoms with E-state index in [0.717, 1.165) is 10.6 Å². The van der Waals surface area contributed by atoms with Crippen molar-refractivity contribution in [1.82, 2.24) is 5.32 Å². The van der Waals surface area contributed by atoms with Crippen LogP contribution in [-0.2, 0) is 89.3 Å². The molecule has 0 bridgehead atoms. The molecule has 0 radical (unpaired) electrons. The Balaban J connectivity index is 0.00000807. The summed E-state index contributed by atoms with van der Waals surface area (Å²) in [5.41, 5.74) is 1.73. The molecule has 0 aromatic heterocycles. The zero-order chi connectivity index (χ0) is 75.4. The maximum Gasteiger partial charge on any atom is 1.00 e. The number of ether oxygens (including phenoxy) is 7. The average Bonchev–Trinajstić information content (AvgIpc) is 1.59. The van der Waals surface area contributed by atoms with Gasteiger partial charge in [-0.2, -0.15) is 21.4 Å². The largest absolute Gasteiger partial charge is 1.00 e. The first kappa shape index (κ1) is 95.3. The number of ketones is 1. The minimum atomic E-state index is -4.96. The van der Waals surface area contributed by atoms with Crippen LogP contribution in [0.5, 0.6) is 0 Å². The molecule has 0 saturated carbocycles. The van der Waals surface area contributed by atoms with Crippen LogP contribution in [0, 0.1) is 0 Å². The van der Waals surface area contributed by atoms with Gasteiger partial charge in [-0.15, -0.1) is 0 Å². The molecular weight excluding hydrogens is 1510 g/mol. The number of fused-ring (bicyclic) bond motifs is 2. The molecule has 25 nitrogen and oxygen atoms in total. The fraction of sp³-hybridized carbons (Fsp3) is 0.432. The summed E-state index contributed by atoms with van der Waals surface area (Å²) >= 11 is 0. The molecule has 0 fully saturated rings. The molecular formula is C74H93N3Na3O22PS4+2. The van der Waals surface area contributed by atoms with Gasteiger partial charge in [0.2, 0.25) is 5.69 Å². The van der Waals surface area contributed by atoms with E-state index in [9.17, 15) is 66.3 Å². The first-order chi connectivity index (χ1) is 49.6. The predicted octanol–water partition coefficient (Wildman–Crippen LogP) is -0.857. The number of carbonyl (C=O) groups excluding carboxylic acids is 3. The fourth-order valence-corrected chi connectivity index (χ4v) is 17.0. The van der Waals surface area contributed by atoms with Crippen LogP contribution in [0.15, 0.2) is 173 Å². The molecule has 2 aliphatic rings. The standard InChI is InChI=1S/C74H94N3O22PS4.3Na/c1-73(36-20-52-101(81,82)83)64-55-61(103(87,88)89)31-34-66(64)76(39-18-10-11-22-58(78)23-19-38-75-71(79)57-30-33-63(72(80)94-4)68(54-57)100(59-24-12-8-13-25-59)60-26-14-9-15-27-60)69(73)28-16-6-5-7-17-29-70-74(2,37-21-53-102(84,85)86)65-56-62(104(90,91)92)32-35-67(65)77(70)40-41-95-44-45-97-48-49-99-51-50-98-47-46-96-43-42-93-3;;;/h5-9,12-17,24-35,54-56H,10-11,18-23,36-53H2,1-4H3,(H4-,75,79,81,82,83,84,85,86,87,88,89,90,91,92);;;/q;3*+1/p-1. The predicted molar refractivity (Wildman–Crippen MR) is 395 cm³/mol. The number of nitrogens with one attached hydrogen (secondary N) is 1. The molecule has 33 heteroatoms. The number of allylic oxidation sites excluding steroid dienone is 8. The molecule has 2 atom stereocenters. The molecule has 107 heavy (non-hydrogen) atoms. The number of rotatable bonds is 47. The Kier molecular flexibility index (Phi) is 41.7. The van der Waals surface area contributed by atoms with Crippen LogP contribution in [0.25, 0.3) is 0 Å². The molecule has 3 N–H and O–H groups in total. The van der Waals surface area contributed by atoms with Gasteiger partial charge in [-0.1, -0.05) is 91.0 Å². The molecule has 566 valence electrons. The van der Waals surface area contributed by atoms with Crippen LogP contribution < -0.4 is 115 Å². The summed E-state index contributed by atoms with van der Waals surface area (Å²) in [7, 11) is -17.1. The van der Waals surface area contributed by atoms with E-state index in [2.05, 4.69) is 5.32 Å². The molecule has 1 amide bonds. The summed E-state index contributed by atoms with van der Waals surface area (Å²) in [6.07, 6.45) is 14.6. The van der Waals surface area contributed by atoms with Crippen molar-refractivity contribution in [2.75, 3.05) is 123 Å². The summed E-state index contributed by atoms with van der Waals surface area (Å²) in [6.45, 7) is 8.30. The maximum atomic E-state index is 13.7. The van der Waals surface area contributed by atoms with Gasteiger partial charge in [-0.3, -0.25) is 18.7 Å². The van der Waals surface area contributed by atoms with Gasteiger partial charge in [0.25, 0.3) is 26.1 Å². The van der Waals surface area contributed by atoms with E-state index in [0.29, 0.717) is 135 Å². The molecule has 0 saturated heterocycles. The van der Waals surface area contributed by atoms with Crippen LogP contribution >= 0.6 is 7.92 Å². The Morgan fingerprint density at radius 2 is 1.12 bits per heavy atom. The third kappa shape index (κ3) is 29.8. The topological polar surface area (TPSA) is 357 Å². The second-order valence-electron chi connectivity index (χ2n) is 25.1. The van der Waals surface area contributed by atoms with E-state index in [-0.39, 0.29) is 177 Å². The van der Waals surface area contributed by atoms with Crippen molar-refractivity contribution >= 4 is 99.1 Å². The molecule has 5 aromatic rings. The fourth-order valence-electron chi connectivity index (χ4n) is 12.6. The second kappa shape index (κ2) is 46.8. The van der Waals surface area contributed by atoms with E-state index >= 15 is 0 Å². The van der Waals surface area contributed by atoms with Crippen LogP contribution in [-0.4, -0.2) is 198 Å². The van der Waals surface area contributed by atoms with Gasteiger partial charge in [0.05, 0.1) is 116 Å². The maximum absolute atomic E-state index is 13.7. The number of hydrogen-bond donors (Lipinski definition) is 3. The zero-order valence-corrected chi connectivity index (χ0v) is 72.1. The van der Waals surface area contributed by atoms with Gasteiger partial charge in [0, 0.05) is 90.6 Å². The number of carbonyl (C=O) groups is 3. The quantitative estimate of drug-likeness (QED) is 0.00812. The molecule has 0 spiro atoms. The van der Waals surface area contributed by atoms with Crippen molar-refractivity contribution in [1.29, 1.82) is 0 Å². The number of methoxy groups -OCH3 is 2. The SMILES string of the molecule is COCCOCCOCCOCCOCCOCCN1C(=CC=CC=CC=CC2=[N+](CCCCCC(=O)CCCNC(=O)c3ccc(C(=O)OC)c(P(c4ccccc4)c4ccccc4)c3)c3ccc(S(=O)(=O)[O-])cc3C2(C)CCCS(=O)(=O)[O-])C(C)(CCCS(=O)(=O)O)c2cc(S(=O)(=O)O)ccc21.[Na+].[Na+].[Na+]. The number of esters is 1. The van der Waals surface area contributed by atoms with E-state index in [1.807, 2.05) is 70.1 Å². The molecule has 2 unspecified atom stereocenters. The van der Waals surface area contributed by atoms with E-state index in [4.69, 9.17) is 33.2 Å². The number of Topliss-reactive ketones (excluding diaryl/α,β-unsaturated/α-hetero) is 1. The Morgan fingerprint density at radius 3 is 1.69 bits per heavy atom. The summed E-state index contributed by atoms with van der Waals surface area (Å²) in [4.78, 5) is 41.1. The van der Waals surface area contributed by atoms with Gasteiger partial charge < -0.3 is 52.5 Å². The third-order valence-corrected chi connectivity index (χ3v) is 23.4. The van der Waals surface area contributed by atoms with Crippen molar-refractivity contribution in [3.05, 3.63) is 186 Å². The first-order valence-electron chi connectivity index (χ1n) is 34.2. The second-order valence-corrected chi connectivity index (χ2v) is 33.2. The van der Waals surface area contributed by atoms with Crippen molar-refractivity contribution in [2.24, 2.45) is 0 Å². The van der Waals surface area contributed by atoms with Gasteiger partial charge in [-0.25, -0.2) is 21.6 Å². The number of amides is 1. The van der Waals surface area contributed by atoms with Gasteiger partial charge >= 0.3 is 94.6 Å². The van der Waals surface area contributed by atoms with Crippen molar-refractivity contribution in [2.45, 2.75) is 98.7 Å². The number of hydrogen-bond acceptors (Lipinski definition) is 21. The molecule has 2 aliphatic heterocycles. The number of nitrogens with zero attached hydrogens (tertiary/aromatic N) is 2. The Hall–Kier alpha value is -4.03. The van der Waals surface area contributed by atoms with E-state index in [1.54, 1.807) is 87.8 Å².